The molecule has 0 saturated heterocycles. The molecule has 0 amide bonds. The second-order valence-electron chi connectivity index (χ2n) is 8.87. The van der Waals surface area contributed by atoms with Gasteiger partial charge in [0.05, 0.1) is 24.7 Å². The minimum absolute atomic E-state index is 0.0489. The fourth-order valence-electron chi connectivity index (χ4n) is 5.12. The van der Waals surface area contributed by atoms with Gasteiger partial charge in [-0.05, 0) is 54.1 Å². The van der Waals surface area contributed by atoms with Gasteiger partial charge < -0.3 is 20.4 Å². The van der Waals surface area contributed by atoms with Crippen LogP contribution in [0.25, 0.3) is 0 Å². The first-order chi connectivity index (χ1) is 11.6. The van der Waals surface area contributed by atoms with Crippen molar-refractivity contribution in [3.63, 3.8) is 0 Å². The summed E-state index contributed by atoms with van der Waals surface area (Å²) in [5.41, 5.74) is -0.890. The zero-order chi connectivity index (χ0) is 18.7. The molecule has 0 radical (unpaired) electrons. The first kappa shape index (κ1) is 18.8. The van der Waals surface area contributed by atoms with E-state index < -0.39 is 29.5 Å². The molecular formula is C20H30O5. The molecule has 5 heteroatoms. The topological polar surface area (TPSA) is 98.0 Å². The van der Waals surface area contributed by atoms with Crippen molar-refractivity contribution in [1.29, 1.82) is 0 Å². The highest BCUT2D eigenvalue weighted by atomic mass is 16.3. The summed E-state index contributed by atoms with van der Waals surface area (Å²) in [7, 11) is 0. The number of rotatable bonds is 1. The summed E-state index contributed by atoms with van der Waals surface area (Å²) < 4.78 is 0. The van der Waals surface area contributed by atoms with E-state index in [0.29, 0.717) is 23.5 Å². The Kier molecular flexibility index (Phi) is 4.52. The van der Waals surface area contributed by atoms with Gasteiger partial charge in [-0.2, -0.15) is 0 Å². The Balaban J connectivity index is 2.10. The van der Waals surface area contributed by atoms with E-state index >= 15 is 0 Å². The van der Waals surface area contributed by atoms with Crippen LogP contribution in [-0.2, 0) is 4.79 Å². The largest absolute Gasteiger partial charge is 0.392 e. The lowest BCUT2D eigenvalue weighted by atomic mass is 9.77. The average Bonchev–Trinajstić information content (AvgIpc) is 2.94. The number of allylic oxidation sites excluding steroid dienone is 2. The van der Waals surface area contributed by atoms with E-state index in [1.807, 2.05) is 12.2 Å². The number of carbonyl (C=O) groups excluding carboxylic acids is 1. The highest BCUT2D eigenvalue weighted by Crippen LogP contribution is 2.61. The van der Waals surface area contributed by atoms with Gasteiger partial charge in [-0.15, -0.1) is 0 Å². The average molecular weight is 350 g/mol. The number of ketones is 1. The third kappa shape index (κ3) is 2.72. The number of hydrogen-bond acceptors (Lipinski definition) is 5. The Hall–Kier alpha value is -1.01. The van der Waals surface area contributed by atoms with Gasteiger partial charge >= 0.3 is 0 Å². The SMILES string of the molecule is C/C1=C/[C@@H]2[C@H](C/C=C(/CO)[C@@H](O)[C@H]3[C@@H](O)[C@@H](C)C[C@]3(O)C1=O)C2(C)C. The van der Waals surface area contributed by atoms with Crippen LogP contribution in [0.5, 0.6) is 0 Å². The summed E-state index contributed by atoms with van der Waals surface area (Å²) in [6.07, 6.45) is 2.33. The summed E-state index contributed by atoms with van der Waals surface area (Å²) >= 11 is 0. The summed E-state index contributed by atoms with van der Waals surface area (Å²) in [5.74, 6) is -1.19. The molecule has 3 aliphatic rings. The van der Waals surface area contributed by atoms with E-state index in [4.69, 9.17) is 0 Å². The second kappa shape index (κ2) is 6.02. The first-order valence-corrected chi connectivity index (χ1v) is 9.17. The Morgan fingerprint density at radius 3 is 2.52 bits per heavy atom. The minimum atomic E-state index is -1.81. The molecule has 0 spiro atoms. The zero-order valence-electron chi connectivity index (χ0n) is 15.4. The van der Waals surface area contributed by atoms with Gasteiger partial charge in [0.25, 0.3) is 0 Å². The molecule has 25 heavy (non-hydrogen) atoms. The maximum Gasteiger partial charge on any atom is 0.190 e. The summed E-state index contributed by atoms with van der Waals surface area (Å²) in [5, 5.41) is 42.3. The van der Waals surface area contributed by atoms with Crippen LogP contribution in [0.4, 0.5) is 0 Å². The molecular weight excluding hydrogens is 320 g/mol. The lowest BCUT2D eigenvalue weighted by Gasteiger charge is -2.34. The van der Waals surface area contributed by atoms with Crippen LogP contribution in [0.1, 0.15) is 40.5 Å². The van der Waals surface area contributed by atoms with E-state index in [0.717, 1.165) is 0 Å². The number of hydrogen-bond donors (Lipinski definition) is 4. The van der Waals surface area contributed by atoms with Crippen molar-refractivity contribution in [1.82, 2.24) is 0 Å². The van der Waals surface area contributed by atoms with Crippen molar-refractivity contribution < 1.29 is 25.2 Å². The van der Waals surface area contributed by atoms with Crippen LogP contribution in [0.15, 0.2) is 23.3 Å². The molecule has 4 N–H and O–H groups in total. The molecule has 0 aromatic rings. The van der Waals surface area contributed by atoms with E-state index in [9.17, 15) is 25.2 Å². The normalized spacial score (nSPS) is 50.6. The number of aliphatic hydroxyl groups is 4. The van der Waals surface area contributed by atoms with Crippen molar-refractivity contribution in [3.8, 4) is 0 Å². The third-order valence-electron chi connectivity index (χ3n) is 6.99. The molecule has 3 rings (SSSR count). The van der Waals surface area contributed by atoms with E-state index in [1.165, 1.54) is 0 Å². The summed E-state index contributed by atoms with van der Waals surface area (Å²) in [4.78, 5) is 13.1. The molecule has 3 aliphatic carbocycles. The zero-order valence-corrected chi connectivity index (χ0v) is 15.4. The molecule has 2 saturated carbocycles. The number of fused-ring (bicyclic) bond motifs is 2. The Bertz CT molecular complexity index is 634. The molecule has 0 bridgehead atoms. The molecule has 0 aliphatic heterocycles. The molecule has 0 heterocycles. The lowest BCUT2D eigenvalue weighted by molar-refractivity contribution is -0.144. The van der Waals surface area contributed by atoms with Gasteiger partial charge in [0, 0.05) is 0 Å². The standard InChI is InChI=1S/C20H30O5/c1-10-7-14-13(19(14,3)4)6-5-12(9-21)17(23)15-16(22)11(2)8-20(15,25)18(10)24/h5,7,11,13-17,21-23,25H,6,8-9H2,1-4H3/b10-7-,12-5-/t11-,13-,14+,15+,16-,17+,20+/m0/s1. The van der Waals surface area contributed by atoms with Crippen LogP contribution in [-0.4, -0.2) is 50.6 Å². The van der Waals surface area contributed by atoms with Crippen molar-refractivity contribution >= 4 is 5.78 Å². The van der Waals surface area contributed by atoms with E-state index in [2.05, 4.69) is 13.8 Å². The quantitative estimate of drug-likeness (QED) is 0.533. The monoisotopic (exact) mass is 350 g/mol. The molecule has 2 fully saturated rings. The van der Waals surface area contributed by atoms with Gasteiger partial charge in [-0.1, -0.05) is 32.9 Å². The molecule has 5 nitrogen and oxygen atoms in total. The third-order valence-corrected chi connectivity index (χ3v) is 6.99. The molecule has 7 atom stereocenters. The number of carbonyl (C=O) groups is 1. The Morgan fingerprint density at radius 1 is 1.28 bits per heavy atom. The number of aliphatic hydroxyl groups excluding tert-OH is 3. The molecule has 0 unspecified atom stereocenters. The predicted octanol–water partition coefficient (Wildman–Crippen LogP) is 1.21. The Labute approximate surface area is 149 Å². The van der Waals surface area contributed by atoms with Crippen molar-refractivity contribution in [2.75, 3.05) is 6.61 Å². The van der Waals surface area contributed by atoms with E-state index in [1.54, 1.807) is 13.8 Å². The highest BCUT2D eigenvalue weighted by molar-refractivity contribution is 6.02. The maximum atomic E-state index is 13.1. The fourth-order valence-corrected chi connectivity index (χ4v) is 5.12. The van der Waals surface area contributed by atoms with Crippen LogP contribution >= 0.6 is 0 Å². The molecule has 0 aromatic heterocycles. The van der Waals surface area contributed by atoms with Crippen LogP contribution < -0.4 is 0 Å². The smallest absolute Gasteiger partial charge is 0.190 e. The van der Waals surface area contributed by atoms with E-state index in [-0.39, 0.29) is 30.3 Å². The van der Waals surface area contributed by atoms with Crippen molar-refractivity contribution in [3.05, 3.63) is 23.3 Å². The second-order valence-corrected chi connectivity index (χ2v) is 8.87. The lowest BCUT2D eigenvalue weighted by Crippen LogP contribution is -2.51. The van der Waals surface area contributed by atoms with Crippen molar-refractivity contribution in [2.45, 2.75) is 58.3 Å². The number of Topliss-reactive ketones (excluding diaryl/α,β-unsaturated/α-hetero) is 1. The van der Waals surface area contributed by atoms with Crippen LogP contribution in [0, 0.1) is 29.1 Å². The maximum absolute atomic E-state index is 13.1. The van der Waals surface area contributed by atoms with Gasteiger partial charge in [-0.3, -0.25) is 4.79 Å². The first-order valence-electron chi connectivity index (χ1n) is 9.17. The highest BCUT2D eigenvalue weighted by Gasteiger charge is 2.60. The summed E-state index contributed by atoms with van der Waals surface area (Å²) in [6, 6.07) is 0. The van der Waals surface area contributed by atoms with Gasteiger partial charge in [0.15, 0.2) is 5.78 Å². The predicted molar refractivity (Wildman–Crippen MR) is 93.5 cm³/mol. The van der Waals surface area contributed by atoms with Gasteiger partial charge in [0.2, 0.25) is 0 Å². The Morgan fingerprint density at radius 2 is 1.92 bits per heavy atom. The van der Waals surface area contributed by atoms with Gasteiger partial charge in [-0.25, -0.2) is 0 Å². The molecule has 0 aromatic carbocycles. The summed E-state index contributed by atoms with van der Waals surface area (Å²) in [6.45, 7) is 7.41. The van der Waals surface area contributed by atoms with Gasteiger partial charge in [0.1, 0.15) is 5.60 Å². The van der Waals surface area contributed by atoms with Crippen molar-refractivity contribution in [2.24, 2.45) is 29.1 Å². The molecule has 140 valence electrons. The van der Waals surface area contributed by atoms with Crippen LogP contribution in [0.2, 0.25) is 0 Å². The fraction of sp³-hybridized carbons (Fsp3) is 0.750. The minimum Gasteiger partial charge on any atom is -0.392 e. The van der Waals surface area contributed by atoms with Crippen LogP contribution in [0.3, 0.4) is 0 Å².